The monoisotopic (exact) mass is 788 g/mol. The lowest BCUT2D eigenvalue weighted by atomic mass is 9.82. The Hall–Kier alpha value is -7.58. The molecule has 0 N–H and O–H groups in total. The first kappa shape index (κ1) is 35.4. The lowest BCUT2D eigenvalue weighted by Gasteiger charge is -2.21. The minimum Gasteiger partial charge on any atom is -0.0633 e. The predicted octanol–water partition coefficient (Wildman–Crippen LogP) is 14.4. The maximum absolute atomic E-state index is 2.55. The summed E-state index contributed by atoms with van der Waals surface area (Å²) in [6.45, 7) is 0. The van der Waals surface area contributed by atoms with E-state index >= 15 is 0 Å². The summed E-state index contributed by atoms with van der Waals surface area (Å²) in [6.07, 6.45) is 0. The normalized spacial score (nSPS) is 11.9. The minimum atomic E-state index is -0.743. The molecule has 0 aliphatic rings. The molecule has 0 unspecified atom stereocenters. The van der Waals surface area contributed by atoms with Gasteiger partial charge in [0.05, 0.1) is 9.52 Å². The molecule has 0 fully saturated rings. The van der Waals surface area contributed by atoms with Gasteiger partial charge in [0, 0.05) is 0 Å². The van der Waals surface area contributed by atoms with Gasteiger partial charge in [-0.15, -0.1) is 0 Å². The van der Waals surface area contributed by atoms with Crippen LogP contribution in [0.1, 0.15) is 0 Å². The Balaban J connectivity index is 1.21. The molecule has 12 aromatic rings. The fourth-order valence-corrected chi connectivity index (χ4v) is 11.6. The van der Waals surface area contributed by atoms with Crippen LogP contribution in [-0.4, -0.2) is 9.52 Å². The maximum atomic E-state index is 2.55. The Morgan fingerprint density at radius 1 is 0.213 bits per heavy atom. The van der Waals surface area contributed by atoms with Crippen LogP contribution >= 0.6 is 0 Å². The third kappa shape index (κ3) is 6.05. The van der Waals surface area contributed by atoms with Gasteiger partial charge in [-0.05, 0) is 133 Å². The fourth-order valence-electron chi connectivity index (χ4n) is 10.1. The number of hydrogen-bond acceptors (Lipinski definition) is 0. The van der Waals surface area contributed by atoms with Crippen molar-refractivity contribution in [2.75, 3.05) is 0 Å². The number of benzene rings is 12. The van der Waals surface area contributed by atoms with E-state index in [0.717, 1.165) is 0 Å². The summed E-state index contributed by atoms with van der Waals surface area (Å²) < 4.78 is 0. The van der Waals surface area contributed by atoms with Gasteiger partial charge in [-0.25, -0.2) is 0 Å². The number of hydrogen-bond donors (Lipinski definition) is 0. The van der Waals surface area contributed by atoms with Crippen molar-refractivity contribution in [3.05, 3.63) is 231 Å². The fraction of sp³-hybridized carbons (Fsp3) is 0. The predicted molar refractivity (Wildman–Crippen MR) is 267 cm³/mol. The second kappa shape index (κ2) is 14.6. The molecular formula is C60H40Si. The van der Waals surface area contributed by atoms with Crippen molar-refractivity contribution in [2.45, 2.75) is 0 Å². The molecule has 0 spiro atoms. The van der Waals surface area contributed by atoms with Gasteiger partial charge in [0.15, 0.2) is 0 Å². The van der Waals surface area contributed by atoms with Gasteiger partial charge in [0.25, 0.3) is 0 Å². The first-order valence-corrected chi connectivity index (χ1v) is 22.7. The van der Waals surface area contributed by atoms with Gasteiger partial charge in [0.2, 0.25) is 0 Å². The van der Waals surface area contributed by atoms with Crippen LogP contribution in [0.15, 0.2) is 231 Å². The number of fused-ring (bicyclic) bond motifs is 7. The summed E-state index contributed by atoms with van der Waals surface area (Å²) in [5.41, 5.74) is 9.99. The molecule has 0 aromatic heterocycles. The van der Waals surface area contributed by atoms with Gasteiger partial charge in [-0.2, -0.15) is 0 Å². The van der Waals surface area contributed by atoms with E-state index in [9.17, 15) is 0 Å². The van der Waals surface area contributed by atoms with Crippen molar-refractivity contribution < 1.29 is 0 Å². The van der Waals surface area contributed by atoms with Gasteiger partial charge >= 0.3 is 0 Å². The zero-order valence-corrected chi connectivity index (χ0v) is 35.1. The van der Waals surface area contributed by atoms with Crippen LogP contribution in [0.2, 0.25) is 0 Å². The Labute approximate surface area is 357 Å². The lowest BCUT2D eigenvalue weighted by molar-refractivity contribution is 1.61. The molecule has 61 heavy (non-hydrogen) atoms. The topological polar surface area (TPSA) is 0 Å². The van der Waals surface area contributed by atoms with Gasteiger partial charge < -0.3 is 0 Å². The highest BCUT2D eigenvalue weighted by atomic mass is 28.2. The van der Waals surface area contributed by atoms with Gasteiger partial charge in [0.1, 0.15) is 0 Å². The largest absolute Gasteiger partial charge is 0.0875 e. The van der Waals surface area contributed by atoms with E-state index in [1.807, 2.05) is 0 Å². The molecule has 0 bridgehead atoms. The van der Waals surface area contributed by atoms with Crippen molar-refractivity contribution in [2.24, 2.45) is 0 Å². The quantitative estimate of drug-likeness (QED) is 0.0894. The molecule has 0 radical (unpaired) electrons. The molecular weight excluding hydrogens is 749 g/mol. The van der Waals surface area contributed by atoms with Crippen LogP contribution < -0.4 is 10.4 Å². The highest BCUT2D eigenvalue weighted by Gasteiger charge is 2.21. The standard InChI is InChI=1S/C60H40Si/c1-2-21-45(22-3-1)61-46-32-33-56-58(38-46)60(57-37-41-18-6-9-25-49(41)52-26-10-11-27-53(52)57)55-29-13-12-28-54(55)59(56)44-35-42(50-30-14-19-39-16-4-7-23-47(39)50)34-43(36-44)51-31-15-20-40-17-5-8-24-48(40)51/h1-38H,61H2. The van der Waals surface area contributed by atoms with Crippen LogP contribution in [0.5, 0.6) is 0 Å². The summed E-state index contributed by atoms with van der Waals surface area (Å²) in [7, 11) is -0.743. The summed E-state index contributed by atoms with van der Waals surface area (Å²) in [6, 6.07) is 86.3. The lowest BCUT2D eigenvalue weighted by Crippen LogP contribution is -2.26. The SMILES string of the molecule is c1ccc([SiH2]c2ccc3c(-c4cc(-c5cccc6ccccc56)cc(-c5cccc6ccccc56)c4)c4ccccc4c(-c4cc5ccccc5c5ccccc45)c3c2)cc1. The molecule has 1 heteroatoms. The van der Waals surface area contributed by atoms with Crippen molar-refractivity contribution in [3.63, 3.8) is 0 Å². The second-order valence-corrected chi connectivity index (χ2v) is 18.4. The second-order valence-electron chi connectivity index (χ2n) is 16.4. The van der Waals surface area contributed by atoms with Crippen LogP contribution in [0.25, 0.3) is 109 Å². The Kier molecular flexibility index (Phi) is 8.47. The van der Waals surface area contributed by atoms with Crippen molar-refractivity contribution in [3.8, 4) is 44.5 Å². The smallest absolute Gasteiger partial charge is 0.0633 e. The Morgan fingerprint density at radius 2 is 0.689 bits per heavy atom. The molecule has 12 rings (SSSR count). The van der Waals surface area contributed by atoms with Crippen molar-refractivity contribution >= 4 is 84.5 Å². The number of rotatable bonds is 6. The molecule has 0 aliphatic carbocycles. The molecule has 0 saturated heterocycles. The average Bonchev–Trinajstić information content (AvgIpc) is 3.33. The van der Waals surface area contributed by atoms with Crippen molar-refractivity contribution in [1.82, 2.24) is 0 Å². The van der Waals surface area contributed by atoms with Crippen LogP contribution in [0.4, 0.5) is 0 Å². The van der Waals surface area contributed by atoms with E-state index in [4.69, 9.17) is 0 Å². The summed E-state index contributed by atoms with van der Waals surface area (Å²) in [5.74, 6) is 0. The zero-order valence-electron chi connectivity index (χ0n) is 33.6. The zero-order chi connectivity index (χ0) is 40.3. The van der Waals surface area contributed by atoms with Crippen LogP contribution in [-0.2, 0) is 0 Å². The summed E-state index contributed by atoms with van der Waals surface area (Å²) in [4.78, 5) is 0. The average molecular weight is 789 g/mol. The third-order valence-corrected chi connectivity index (χ3v) is 14.5. The van der Waals surface area contributed by atoms with E-state index in [1.165, 1.54) is 120 Å². The van der Waals surface area contributed by atoms with E-state index in [0.29, 0.717) is 0 Å². The minimum absolute atomic E-state index is 0.743. The van der Waals surface area contributed by atoms with Crippen LogP contribution in [0.3, 0.4) is 0 Å². The third-order valence-electron chi connectivity index (χ3n) is 12.8. The van der Waals surface area contributed by atoms with Gasteiger partial charge in [-0.3, -0.25) is 0 Å². The molecule has 284 valence electrons. The molecule has 0 nitrogen and oxygen atoms in total. The highest BCUT2D eigenvalue weighted by molar-refractivity contribution is 6.67. The molecule has 12 aromatic carbocycles. The van der Waals surface area contributed by atoms with Gasteiger partial charge in [-0.1, -0.05) is 217 Å². The molecule has 0 amide bonds. The van der Waals surface area contributed by atoms with E-state index in [-0.39, 0.29) is 0 Å². The van der Waals surface area contributed by atoms with Crippen molar-refractivity contribution in [1.29, 1.82) is 0 Å². The Bertz CT molecular complexity index is 3570. The molecule has 0 aliphatic heterocycles. The molecule has 0 heterocycles. The maximum Gasteiger partial charge on any atom is 0.0875 e. The first-order chi connectivity index (χ1) is 30.2. The highest BCUT2D eigenvalue weighted by Crippen LogP contribution is 2.48. The van der Waals surface area contributed by atoms with E-state index in [1.54, 1.807) is 0 Å². The van der Waals surface area contributed by atoms with E-state index in [2.05, 4.69) is 231 Å². The summed E-state index contributed by atoms with van der Waals surface area (Å²) in [5, 5.41) is 18.1. The molecule has 0 saturated carbocycles. The Morgan fingerprint density at radius 3 is 1.34 bits per heavy atom. The summed E-state index contributed by atoms with van der Waals surface area (Å²) >= 11 is 0. The first-order valence-electron chi connectivity index (χ1n) is 21.3. The van der Waals surface area contributed by atoms with Crippen LogP contribution in [0, 0.1) is 0 Å². The van der Waals surface area contributed by atoms with E-state index < -0.39 is 9.52 Å². The molecule has 0 atom stereocenters.